The number of hydrogen-bond acceptors (Lipinski definition) is 5. The summed E-state index contributed by atoms with van der Waals surface area (Å²) in [5.74, 6) is -0.693. The number of halogens is 2. The van der Waals surface area contributed by atoms with E-state index >= 15 is 0 Å². The standard InChI is InChI=1S/C13H11Cl2NO4S2/c1-20-13(17)12-11(2-3-21-12)22(18,19)16-7-8-4-9(14)6-10(15)5-8/h2-6,16H,7H2,1H3. The second-order valence-electron chi connectivity index (χ2n) is 4.21. The van der Waals surface area contributed by atoms with Gasteiger partial charge in [-0.2, -0.15) is 0 Å². The van der Waals surface area contributed by atoms with Gasteiger partial charge in [-0.1, -0.05) is 23.2 Å². The van der Waals surface area contributed by atoms with Crippen LogP contribution < -0.4 is 4.72 Å². The first kappa shape index (κ1) is 17.2. The zero-order valence-electron chi connectivity index (χ0n) is 11.3. The highest BCUT2D eigenvalue weighted by Gasteiger charge is 2.24. The molecule has 1 N–H and O–H groups in total. The van der Waals surface area contributed by atoms with Crippen molar-refractivity contribution in [2.75, 3.05) is 7.11 Å². The molecule has 0 aliphatic carbocycles. The van der Waals surface area contributed by atoms with E-state index in [0.717, 1.165) is 11.3 Å². The second kappa shape index (κ2) is 6.97. The molecule has 0 aliphatic heterocycles. The van der Waals surface area contributed by atoms with E-state index in [-0.39, 0.29) is 16.3 Å². The molecule has 2 rings (SSSR count). The third kappa shape index (κ3) is 3.99. The Kier molecular flexibility index (Phi) is 5.46. The monoisotopic (exact) mass is 379 g/mol. The number of benzene rings is 1. The number of thiophene rings is 1. The highest BCUT2D eigenvalue weighted by Crippen LogP contribution is 2.23. The molecule has 1 heterocycles. The Balaban J connectivity index is 2.22. The molecule has 0 amide bonds. The van der Waals surface area contributed by atoms with E-state index in [4.69, 9.17) is 23.2 Å². The summed E-state index contributed by atoms with van der Waals surface area (Å²) in [6.45, 7) is -0.000920. The summed E-state index contributed by atoms with van der Waals surface area (Å²) in [5, 5.41) is 2.33. The highest BCUT2D eigenvalue weighted by atomic mass is 35.5. The van der Waals surface area contributed by atoms with E-state index < -0.39 is 16.0 Å². The normalized spacial score (nSPS) is 11.4. The van der Waals surface area contributed by atoms with E-state index in [1.165, 1.54) is 18.6 Å². The van der Waals surface area contributed by atoms with Gasteiger partial charge >= 0.3 is 5.97 Å². The molecule has 5 nitrogen and oxygen atoms in total. The lowest BCUT2D eigenvalue weighted by Crippen LogP contribution is -2.24. The van der Waals surface area contributed by atoms with Crippen LogP contribution >= 0.6 is 34.5 Å². The van der Waals surface area contributed by atoms with Crippen molar-refractivity contribution < 1.29 is 17.9 Å². The predicted octanol–water partition coefficient (Wildman–Crippen LogP) is 3.32. The quantitative estimate of drug-likeness (QED) is 0.808. The van der Waals surface area contributed by atoms with Crippen LogP contribution in [0.5, 0.6) is 0 Å². The topological polar surface area (TPSA) is 72.5 Å². The van der Waals surface area contributed by atoms with Gasteiger partial charge in [-0.05, 0) is 35.2 Å². The van der Waals surface area contributed by atoms with Crippen LogP contribution in [0.2, 0.25) is 10.0 Å². The molecule has 118 valence electrons. The second-order valence-corrected chi connectivity index (χ2v) is 7.73. The number of carbonyl (C=O) groups excluding carboxylic acids is 1. The van der Waals surface area contributed by atoms with Crippen LogP contribution in [0.3, 0.4) is 0 Å². The first-order chi connectivity index (χ1) is 10.3. The van der Waals surface area contributed by atoms with Crippen molar-refractivity contribution in [1.29, 1.82) is 0 Å². The Labute approximate surface area is 141 Å². The Morgan fingerprint density at radius 2 is 1.91 bits per heavy atom. The maximum Gasteiger partial charge on any atom is 0.349 e. The minimum Gasteiger partial charge on any atom is -0.465 e. The van der Waals surface area contributed by atoms with E-state index in [0.29, 0.717) is 15.6 Å². The maximum absolute atomic E-state index is 12.3. The van der Waals surface area contributed by atoms with Crippen LogP contribution in [-0.4, -0.2) is 21.5 Å². The highest BCUT2D eigenvalue weighted by molar-refractivity contribution is 7.89. The van der Waals surface area contributed by atoms with E-state index in [1.54, 1.807) is 18.2 Å². The molecule has 22 heavy (non-hydrogen) atoms. The Morgan fingerprint density at radius 3 is 2.50 bits per heavy atom. The van der Waals surface area contributed by atoms with E-state index in [1.807, 2.05) is 0 Å². The van der Waals surface area contributed by atoms with E-state index in [9.17, 15) is 13.2 Å². The number of esters is 1. The van der Waals surface area contributed by atoms with E-state index in [2.05, 4.69) is 9.46 Å². The number of nitrogens with one attached hydrogen (secondary N) is 1. The summed E-state index contributed by atoms with van der Waals surface area (Å²) >= 11 is 12.7. The number of rotatable bonds is 5. The van der Waals surface area contributed by atoms with Gasteiger partial charge in [-0.15, -0.1) is 11.3 Å². The Morgan fingerprint density at radius 1 is 1.27 bits per heavy atom. The van der Waals surface area contributed by atoms with Gasteiger partial charge in [0.25, 0.3) is 0 Å². The Hall–Kier alpha value is -1.12. The zero-order valence-corrected chi connectivity index (χ0v) is 14.4. The molecule has 0 bridgehead atoms. The SMILES string of the molecule is COC(=O)c1sccc1S(=O)(=O)NCc1cc(Cl)cc(Cl)c1. The molecule has 2 aromatic rings. The summed E-state index contributed by atoms with van der Waals surface area (Å²) in [7, 11) is -2.66. The number of hydrogen-bond donors (Lipinski definition) is 1. The van der Waals surface area contributed by atoms with Crippen LogP contribution in [0.4, 0.5) is 0 Å². The molecule has 0 spiro atoms. The van der Waals surface area contributed by atoms with Crippen LogP contribution in [-0.2, 0) is 21.3 Å². The third-order valence-electron chi connectivity index (χ3n) is 2.68. The average molecular weight is 380 g/mol. The summed E-state index contributed by atoms with van der Waals surface area (Å²) in [4.78, 5) is 11.5. The van der Waals surface area contributed by atoms with Crippen molar-refractivity contribution in [3.8, 4) is 0 Å². The van der Waals surface area contributed by atoms with Gasteiger partial charge in [-0.3, -0.25) is 0 Å². The maximum atomic E-state index is 12.3. The van der Waals surface area contributed by atoms with Gasteiger partial charge in [0.1, 0.15) is 9.77 Å². The molecule has 0 atom stereocenters. The van der Waals surface area contributed by atoms with Crippen molar-refractivity contribution in [2.45, 2.75) is 11.4 Å². The number of carbonyl (C=O) groups is 1. The number of sulfonamides is 1. The van der Waals surface area contributed by atoms with Crippen molar-refractivity contribution in [3.05, 3.63) is 50.1 Å². The minimum absolute atomic E-state index is 0.000920. The first-order valence-corrected chi connectivity index (χ1v) is 9.06. The van der Waals surface area contributed by atoms with Crippen LogP contribution in [0.1, 0.15) is 15.2 Å². The van der Waals surface area contributed by atoms with Crippen molar-refractivity contribution in [3.63, 3.8) is 0 Å². The fourth-order valence-electron chi connectivity index (χ4n) is 1.72. The molecular formula is C13H11Cl2NO4S2. The molecular weight excluding hydrogens is 369 g/mol. The molecule has 9 heteroatoms. The predicted molar refractivity (Wildman–Crippen MR) is 86.1 cm³/mol. The molecule has 0 saturated carbocycles. The van der Waals surface area contributed by atoms with Gasteiger partial charge < -0.3 is 4.74 Å². The van der Waals surface area contributed by atoms with Gasteiger partial charge in [0.15, 0.2) is 0 Å². The number of methoxy groups -OCH3 is 1. The summed E-state index contributed by atoms with van der Waals surface area (Å²) < 4.78 is 31.6. The molecule has 0 saturated heterocycles. The van der Waals surface area contributed by atoms with Crippen molar-refractivity contribution in [1.82, 2.24) is 4.72 Å². The molecule has 0 unspecified atom stereocenters. The fourth-order valence-corrected chi connectivity index (χ4v) is 4.64. The lowest BCUT2D eigenvalue weighted by atomic mass is 10.2. The summed E-state index contributed by atoms with van der Waals surface area (Å²) in [6, 6.07) is 6.11. The van der Waals surface area contributed by atoms with Crippen LogP contribution in [0.15, 0.2) is 34.5 Å². The van der Waals surface area contributed by atoms with Gasteiger partial charge in [0, 0.05) is 16.6 Å². The lowest BCUT2D eigenvalue weighted by molar-refractivity contribution is 0.0602. The molecule has 1 aromatic heterocycles. The zero-order chi connectivity index (χ0) is 16.3. The van der Waals surface area contributed by atoms with Gasteiger partial charge in [-0.25, -0.2) is 17.9 Å². The molecule has 0 radical (unpaired) electrons. The summed E-state index contributed by atoms with van der Waals surface area (Å²) in [6.07, 6.45) is 0. The van der Waals surface area contributed by atoms with Crippen LogP contribution in [0, 0.1) is 0 Å². The lowest BCUT2D eigenvalue weighted by Gasteiger charge is -2.08. The van der Waals surface area contributed by atoms with Gasteiger partial charge in [0.2, 0.25) is 10.0 Å². The molecule has 0 aliphatic rings. The molecule has 0 fully saturated rings. The molecule has 1 aromatic carbocycles. The average Bonchev–Trinajstić information content (AvgIpc) is 2.94. The number of ether oxygens (including phenoxy) is 1. The smallest absolute Gasteiger partial charge is 0.349 e. The largest absolute Gasteiger partial charge is 0.465 e. The van der Waals surface area contributed by atoms with Crippen molar-refractivity contribution >= 4 is 50.5 Å². The first-order valence-electron chi connectivity index (χ1n) is 5.94. The van der Waals surface area contributed by atoms with Crippen LogP contribution in [0.25, 0.3) is 0 Å². The fraction of sp³-hybridized carbons (Fsp3) is 0.154. The third-order valence-corrected chi connectivity index (χ3v) is 5.58. The Bertz CT molecular complexity index is 782. The summed E-state index contributed by atoms with van der Waals surface area (Å²) in [5.41, 5.74) is 0.607. The van der Waals surface area contributed by atoms with Gasteiger partial charge in [0.05, 0.1) is 7.11 Å². The van der Waals surface area contributed by atoms with Crippen molar-refractivity contribution in [2.24, 2.45) is 0 Å². The minimum atomic E-state index is -3.85.